The fourth-order valence-corrected chi connectivity index (χ4v) is 3.99. The fourth-order valence-electron chi connectivity index (χ4n) is 3.99. The molecule has 0 radical (unpaired) electrons. The molecule has 0 saturated heterocycles. The summed E-state index contributed by atoms with van der Waals surface area (Å²) in [5, 5.41) is 3.43. The lowest BCUT2D eigenvalue weighted by Crippen LogP contribution is -2.40. The lowest BCUT2D eigenvalue weighted by molar-refractivity contribution is 0.108. The number of hydrogen-bond donors (Lipinski definition) is 1. The summed E-state index contributed by atoms with van der Waals surface area (Å²) in [6.07, 6.45) is 0. The minimum Gasteiger partial charge on any atom is -0.380 e. The van der Waals surface area contributed by atoms with Gasteiger partial charge in [-0.3, -0.25) is 0 Å². The minimum absolute atomic E-state index is 0.105. The molecule has 0 spiro atoms. The predicted molar refractivity (Wildman–Crippen MR) is 102 cm³/mol. The van der Waals surface area contributed by atoms with Crippen LogP contribution in [0.2, 0.25) is 0 Å². The standard InChI is InChI=1S/C22H29NO/c1-7-24-13-22(12-23-6)20-10-16(4)14(2)8-18(20)19-9-15(3)17(5)11-21(19)22/h8-11,23H,7,12-13H2,1-6H3. The van der Waals surface area contributed by atoms with Crippen LogP contribution in [-0.2, 0) is 10.2 Å². The molecule has 128 valence electrons. The third-order valence-electron chi connectivity index (χ3n) is 5.62. The first kappa shape index (κ1) is 17.2. The van der Waals surface area contributed by atoms with Crippen molar-refractivity contribution in [3.05, 3.63) is 57.6 Å². The molecule has 2 heteroatoms. The van der Waals surface area contributed by atoms with Crippen molar-refractivity contribution in [2.45, 2.75) is 40.0 Å². The molecule has 2 aromatic carbocycles. The van der Waals surface area contributed by atoms with Gasteiger partial charge in [-0.15, -0.1) is 0 Å². The molecule has 0 bridgehead atoms. The van der Waals surface area contributed by atoms with E-state index in [1.54, 1.807) is 0 Å². The van der Waals surface area contributed by atoms with E-state index in [1.165, 1.54) is 44.5 Å². The third kappa shape index (κ3) is 2.49. The summed E-state index contributed by atoms with van der Waals surface area (Å²) in [7, 11) is 2.04. The molecule has 0 amide bonds. The van der Waals surface area contributed by atoms with E-state index in [2.05, 4.69) is 64.2 Å². The zero-order valence-electron chi connectivity index (χ0n) is 15.8. The molecule has 2 aromatic rings. The van der Waals surface area contributed by atoms with E-state index in [4.69, 9.17) is 4.74 Å². The van der Waals surface area contributed by atoms with E-state index in [9.17, 15) is 0 Å². The molecule has 0 atom stereocenters. The summed E-state index contributed by atoms with van der Waals surface area (Å²) >= 11 is 0. The molecule has 0 unspecified atom stereocenters. The number of nitrogens with one attached hydrogen (secondary N) is 1. The number of ether oxygens (including phenoxy) is 1. The Labute approximate surface area is 146 Å². The lowest BCUT2D eigenvalue weighted by Gasteiger charge is -2.32. The molecule has 3 rings (SSSR count). The predicted octanol–water partition coefficient (Wildman–Crippen LogP) is 4.44. The third-order valence-corrected chi connectivity index (χ3v) is 5.62. The quantitative estimate of drug-likeness (QED) is 0.878. The number of aryl methyl sites for hydroxylation is 4. The number of benzene rings is 2. The van der Waals surface area contributed by atoms with Crippen molar-refractivity contribution in [2.24, 2.45) is 0 Å². The van der Waals surface area contributed by atoms with Crippen LogP contribution in [0.4, 0.5) is 0 Å². The van der Waals surface area contributed by atoms with Crippen LogP contribution in [0.25, 0.3) is 11.1 Å². The summed E-state index contributed by atoms with van der Waals surface area (Å²) in [6, 6.07) is 9.49. The van der Waals surface area contributed by atoms with Gasteiger partial charge >= 0.3 is 0 Å². The highest BCUT2D eigenvalue weighted by atomic mass is 16.5. The Kier molecular flexibility index (Phi) is 4.54. The first-order valence-electron chi connectivity index (χ1n) is 8.90. The van der Waals surface area contributed by atoms with E-state index < -0.39 is 0 Å². The van der Waals surface area contributed by atoms with Gasteiger partial charge in [0.2, 0.25) is 0 Å². The minimum atomic E-state index is -0.105. The number of rotatable bonds is 5. The Morgan fingerprint density at radius 3 is 1.71 bits per heavy atom. The van der Waals surface area contributed by atoms with Gasteiger partial charge in [-0.1, -0.05) is 24.3 Å². The average molecular weight is 323 g/mol. The van der Waals surface area contributed by atoms with Crippen molar-refractivity contribution in [3.8, 4) is 11.1 Å². The SMILES string of the molecule is CCOCC1(CNC)c2cc(C)c(C)cc2-c2cc(C)c(C)cc21. The van der Waals surface area contributed by atoms with Crippen LogP contribution in [0.5, 0.6) is 0 Å². The summed E-state index contributed by atoms with van der Waals surface area (Å²) < 4.78 is 5.99. The van der Waals surface area contributed by atoms with Gasteiger partial charge < -0.3 is 10.1 Å². The van der Waals surface area contributed by atoms with Crippen molar-refractivity contribution < 1.29 is 4.74 Å². The van der Waals surface area contributed by atoms with Crippen LogP contribution < -0.4 is 5.32 Å². The highest BCUT2D eigenvalue weighted by molar-refractivity contribution is 5.83. The van der Waals surface area contributed by atoms with Gasteiger partial charge in [-0.2, -0.15) is 0 Å². The molecule has 0 aliphatic heterocycles. The second-order valence-electron chi connectivity index (χ2n) is 7.21. The second-order valence-corrected chi connectivity index (χ2v) is 7.21. The number of fused-ring (bicyclic) bond motifs is 3. The largest absolute Gasteiger partial charge is 0.380 e. The van der Waals surface area contributed by atoms with E-state index in [1.807, 2.05) is 7.05 Å². The number of hydrogen-bond acceptors (Lipinski definition) is 2. The summed E-state index contributed by atoms with van der Waals surface area (Å²) in [5.74, 6) is 0. The van der Waals surface area contributed by atoms with Gasteiger partial charge in [-0.25, -0.2) is 0 Å². The number of likely N-dealkylation sites (N-methyl/N-ethyl adjacent to an activating group) is 1. The van der Waals surface area contributed by atoms with Crippen LogP contribution in [-0.4, -0.2) is 26.8 Å². The van der Waals surface area contributed by atoms with Crippen LogP contribution in [0, 0.1) is 27.7 Å². The molecule has 24 heavy (non-hydrogen) atoms. The van der Waals surface area contributed by atoms with Crippen molar-refractivity contribution in [3.63, 3.8) is 0 Å². The molecule has 2 nitrogen and oxygen atoms in total. The van der Waals surface area contributed by atoms with Gasteiger partial charge in [0.25, 0.3) is 0 Å². The molecule has 0 aromatic heterocycles. The maximum atomic E-state index is 5.99. The van der Waals surface area contributed by atoms with E-state index in [0.29, 0.717) is 0 Å². The Morgan fingerprint density at radius 2 is 1.29 bits per heavy atom. The van der Waals surface area contributed by atoms with Crippen molar-refractivity contribution in [2.75, 3.05) is 26.8 Å². The van der Waals surface area contributed by atoms with Gasteiger partial charge in [0.05, 0.1) is 12.0 Å². The Hall–Kier alpha value is -1.64. The first-order valence-corrected chi connectivity index (χ1v) is 8.90. The molecule has 0 saturated carbocycles. The Morgan fingerprint density at radius 1 is 0.833 bits per heavy atom. The van der Waals surface area contributed by atoms with Crippen LogP contribution in [0.3, 0.4) is 0 Å². The van der Waals surface area contributed by atoms with E-state index in [-0.39, 0.29) is 5.41 Å². The topological polar surface area (TPSA) is 21.3 Å². The zero-order valence-corrected chi connectivity index (χ0v) is 15.8. The molecular formula is C22H29NO. The van der Waals surface area contributed by atoms with Crippen molar-refractivity contribution >= 4 is 0 Å². The van der Waals surface area contributed by atoms with Gasteiger partial charge in [-0.05, 0) is 86.2 Å². The van der Waals surface area contributed by atoms with Crippen LogP contribution >= 0.6 is 0 Å². The summed E-state index contributed by atoms with van der Waals surface area (Å²) in [6.45, 7) is 13.2. The molecule has 1 aliphatic rings. The molecule has 1 aliphatic carbocycles. The zero-order chi connectivity index (χ0) is 17.5. The Bertz CT molecular complexity index is 719. The van der Waals surface area contributed by atoms with Crippen molar-refractivity contribution in [1.29, 1.82) is 0 Å². The summed E-state index contributed by atoms with van der Waals surface area (Å²) in [5.41, 5.74) is 10.9. The average Bonchev–Trinajstić information content (AvgIpc) is 2.77. The van der Waals surface area contributed by atoms with E-state index in [0.717, 1.165) is 19.8 Å². The van der Waals surface area contributed by atoms with Gasteiger partial charge in [0.1, 0.15) is 0 Å². The van der Waals surface area contributed by atoms with Gasteiger partial charge in [0.15, 0.2) is 0 Å². The normalized spacial score (nSPS) is 14.6. The molecule has 0 fully saturated rings. The monoisotopic (exact) mass is 323 g/mol. The van der Waals surface area contributed by atoms with Gasteiger partial charge in [0, 0.05) is 13.2 Å². The molecular weight excluding hydrogens is 294 g/mol. The maximum absolute atomic E-state index is 5.99. The Balaban J connectivity index is 2.33. The highest BCUT2D eigenvalue weighted by Gasteiger charge is 2.43. The highest BCUT2D eigenvalue weighted by Crippen LogP contribution is 2.50. The molecule has 0 heterocycles. The van der Waals surface area contributed by atoms with E-state index >= 15 is 0 Å². The van der Waals surface area contributed by atoms with Crippen LogP contribution in [0.15, 0.2) is 24.3 Å². The fraction of sp³-hybridized carbons (Fsp3) is 0.455. The van der Waals surface area contributed by atoms with Crippen molar-refractivity contribution in [1.82, 2.24) is 5.32 Å². The smallest absolute Gasteiger partial charge is 0.0616 e. The lowest BCUT2D eigenvalue weighted by atomic mass is 9.77. The maximum Gasteiger partial charge on any atom is 0.0616 e. The first-order chi connectivity index (χ1) is 11.4. The summed E-state index contributed by atoms with van der Waals surface area (Å²) in [4.78, 5) is 0. The second kappa shape index (κ2) is 6.34. The van der Waals surface area contributed by atoms with Crippen LogP contribution in [0.1, 0.15) is 40.3 Å². The molecule has 1 N–H and O–H groups in total.